The van der Waals surface area contributed by atoms with Gasteiger partial charge in [-0.15, -0.1) is 0 Å². The molecule has 0 saturated carbocycles. The molecular weight excluding hydrogens is 585 g/mol. The fourth-order valence-corrected chi connectivity index (χ4v) is 5.84. The van der Waals surface area contributed by atoms with Crippen LogP contribution in [0.4, 0.5) is 15.8 Å². The van der Waals surface area contributed by atoms with E-state index in [0.29, 0.717) is 41.8 Å². The van der Waals surface area contributed by atoms with E-state index in [1.54, 1.807) is 23.1 Å². The SMILES string of the molecule is Cc1ccc(Br)c(NS(=O)(=O)c2cccc(C(=O)N3CCC(C(=O)Nc4ccc(F)c(Cl)c4)CC3)c2)c1. The fourth-order valence-electron chi connectivity index (χ4n) is 4.06. The van der Waals surface area contributed by atoms with Gasteiger partial charge in [-0.2, -0.15) is 0 Å². The van der Waals surface area contributed by atoms with Crippen molar-refractivity contribution in [2.75, 3.05) is 23.1 Å². The number of anilines is 2. The summed E-state index contributed by atoms with van der Waals surface area (Å²) in [5.74, 6) is -1.42. The highest BCUT2D eigenvalue weighted by Crippen LogP contribution is 2.27. The highest BCUT2D eigenvalue weighted by molar-refractivity contribution is 9.10. The molecule has 0 bridgehead atoms. The predicted octanol–water partition coefficient (Wildman–Crippen LogP) is 5.84. The number of piperidine rings is 1. The first-order valence-electron chi connectivity index (χ1n) is 11.5. The molecule has 0 atom stereocenters. The van der Waals surface area contributed by atoms with Gasteiger partial charge < -0.3 is 10.2 Å². The molecule has 0 radical (unpaired) electrons. The Hall–Kier alpha value is -2.95. The molecule has 37 heavy (non-hydrogen) atoms. The van der Waals surface area contributed by atoms with Gasteiger partial charge in [0.15, 0.2) is 0 Å². The quantitative estimate of drug-likeness (QED) is 0.368. The molecule has 194 valence electrons. The molecule has 3 aromatic carbocycles. The molecule has 0 unspecified atom stereocenters. The third-order valence-corrected chi connectivity index (χ3v) is 8.44. The number of nitrogens with one attached hydrogen (secondary N) is 2. The zero-order chi connectivity index (χ0) is 26.7. The first kappa shape index (κ1) is 27.1. The average molecular weight is 609 g/mol. The van der Waals surface area contributed by atoms with Crippen molar-refractivity contribution in [3.05, 3.63) is 87.1 Å². The number of carbonyl (C=O) groups is 2. The minimum Gasteiger partial charge on any atom is -0.339 e. The van der Waals surface area contributed by atoms with Crippen LogP contribution in [0, 0.1) is 18.7 Å². The van der Waals surface area contributed by atoms with Crippen LogP contribution in [0.3, 0.4) is 0 Å². The summed E-state index contributed by atoms with van der Waals surface area (Å²) in [5, 5.41) is 2.66. The van der Waals surface area contributed by atoms with Gasteiger partial charge in [0, 0.05) is 34.7 Å². The standard InChI is InChI=1S/C26H24BrClFN3O4S/c1-16-5-7-21(27)24(13-16)31-37(35,36)20-4-2-3-18(14-20)26(34)32-11-9-17(10-12-32)25(33)30-19-6-8-23(29)22(28)15-19/h2-8,13-15,17,31H,9-12H2,1H3,(H,30,33). The molecule has 3 aromatic rings. The zero-order valence-corrected chi connectivity index (χ0v) is 23.0. The fraction of sp³-hybridized carbons (Fsp3) is 0.231. The van der Waals surface area contributed by atoms with Crippen molar-refractivity contribution >= 4 is 60.7 Å². The third-order valence-electron chi connectivity index (χ3n) is 6.10. The highest BCUT2D eigenvalue weighted by Gasteiger charge is 2.28. The lowest BCUT2D eigenvalue weighted by Gasteiger charge is -2.31. The molecule has 11 heteroatoms. The number of halogens is 3. The molecule has 4 rings (SSSR count). The van der Waals surface area contributed by atoms with Crippen LogP contribution in [0.25, 0.3) is 0 Å². The van der Waals surface area contributed by atoms with Gasteiger partial charge >= 0.3 is 0 Å². The molecule has 1 fully saturated rings. The number of sulfonamides is 1. The molecule has 7 nitrogen and oxygen atoms in total. The topological polar surface area (TPSA) is 95.6 Å². The number of benzene rings is 3. The second-order valence-corrected chi connectivity index (χ2v) is 11.7. The van der Waals surface area contributed by atoms with Gasteiger partial charge in [-0.3, -0.25) is 14.3 Å². The van der Waals surface area contributed by atoms with E-state index >= 15 is 0 Å². The van der Waals surface area contributed by atoms with Crippen LogP contribution in [0.2, 0.25) is 5.02 Å². The number of nitrogens with zero attached hydrogens (tertiary/aromatic N) is 1. The van der Waals surface area contributed by atoms with E-state index in [1.165, 1.54) is 36.4 Å². The van der Waals surface area contributed by atoms with Gasteiger partial charge in [-0.05, 0) is 89.8 Å². The Morgan fingerprint density at radius 2 is 1.78 bits per heavy atom. The average Bonchev–Trinajstić information content (AvgIpc) is 2.88. The van der Waals surface area contributed by atoms with E-state index in [9.17, 15) is 22.4 Å². The van der Waals surface area contributed by atoms with Crippen molar-refractivity contribution in [3.63, 3.8) is 0 Å². The maximum atomic E-state index is 13.3. The summed E-state index contributed by atoms with van der Waals surface area (Å²) in [6.45, 7) is 2.54. The Morgan fingerprint density at radius 1 is 1.05 bits per heavy atom. The molecular formula is C26H24BrClFN3O4S. The Morgan fingerprint density at radius 3 is 2.49 bits per heavy atom. The van der Waals surface area contributed by atoms with Gasteiger partial charge in [0.2, 0.25) is 5.91 Å². The van der Waals surface area contributed by atoms with Crippen LogP contribution in [-0.4, -0.2) is 38.2 Å². The molecule has 0 aliphatic carbocycles. The van der Waals surface area contributed by atoms with Crippen LogP contribution in [0.1, 0.15) is 28.8 Å². The van der Waals surface area contributed by atoms with E-state index in [1.807, 2.05) is 13.0 Å². The summed E-state index contributed by atoms with van der Waals surface area (Å²) in [6.07, 6.45) is 0.876. The highest BCUT2D eigenvalue weighted by atomic mass is 79.9. The first-order valence-corrected chi connectivity index (χ1v) is 14.1. The zero-order valence-electron chi connectivity index (χ0n) is 19.8. The molecule has 1 heterocycles. The number of aryl methyl sites for hydroxylation is 1. The Bertz CT molecular complexity index is 1460. The molecule has 2 N–H and O–H groups in total. The normalized spacial score (nSPS) is 14.3. The van der Waals surface area contributed by atoms with Crippen molar-refractivity contribution in [1.29, 1.82) is 0 Å². The van der Waals surface area contributed by atoms with E-state index < -0.39 is 15.8 Å². The largest absolute Gasteiger partial charge is 0.339 e. The maximum Gasteiger partial charge on any atom is 0.261 e. The summed E-state index contributed by atoms with van der Waals surface area (Å²) in [6, 6.07) is 15.2. The van der Waals surface area contributed by atoms with E-state index in [-0.39, 0.29) is 33.2 Å². The maximum absolute atomic E-state index is 13.3. The Labute approximate surface area is 228 Å². The van der Waals surface area contributed by atoms with Crippen molar-refractivity contribution in [3.8, 4) is 0 Å². The smallest absolute Gasteiger partial charge is 0.261 e. The van der Waals surface area contributed by atoms with Crippen LogP contribution in [0.15, 0.2) is 70.0 Å². The lowest BCUT2D eigenvalue weighted by atomic mass is 9.95. The van der Waals surface area contributed by atoms with Crippen molar-refractivity contribution < 1.29 is 22.4 Å². The monoisotopic (exact) mass is 607 g/mol. The van der Waals surface area contributed by atoms with Gasteiger partial charge in [0.1, 0.15) is 5.82 Å². The van der Waals surface area contributed by atoms with Crippen molar-refractivity contribution in [1.82, 2.24) is 4.90 Å². The summed E-state index contributed by atoms with van der Waals surface area (Å²) in [7, 11) is -3.93. The van der Waals surface area contributed by atoms with Crippen LogP contribution >= 0.6 is 27.5 Å². The number of rotatable bonds is 6. The van der Waals surface area contributed by atoms with Crippen molar-refractivity contribution in [2.45, 2.75) is 24.7 Å². The molecule has 2 amide bonds. The first-order chi connectivity index (χ1) is 17.5. The molecule has 0 spiro atoms. The number of hydrogen-bond acceptors (Lipinski definition) is 4. The van der Waals surface area contributed by atoms with E-state index in [2.05, 4.69) is 26.0 Å². The number of carbonyl (C=O) groups excluding carboxylic acids is 2. The lowest BCUT2D eigenvalue weighted by molar-refractivity contribution is -0.121. The summed E-state index contributed by atoms with van der Waals surface area (Å²) in [4.78, 5) is 27.3. The second kappa shape index (κ2) is 11.2. The van der Waals surface area contributed by atoms with E-state index in [0.717, 1.165) is 5.56 Å². The van der Waals surface area contributed by atoms with Crippen LogP contribution in [-0.2, 0) is 14.8 Å². The van der Waals surface area contributed by atoms with Gasteiger partial charge in [0.05, 0.1) is 15.6 Å². The Kier molecular flexibility index (Phi) is 8.20. The van der Waals surface area contributed by atoms with Crippen LogP contribution < -0.4 is 10.0 Å². The molecule has 1 aliphatic heterocycles. The van der Waals surface area contributed by atoms with Gasteiger partial charge in [0.25, 0.3) is 15.9 Å². The van der Waals surface area contributed by atoms with Crippen molar-refractivity contribution in [2.24, 2.45) is 5.92 Å². The third kappa shape index (κ3) is 6.49. The second-order valence-electron chi connectivity index (χ2n) is 8.80. The summed E-state index contributed by atoms with van der Waals surface area (Å²) in [5.41, 5.74) is 1.94. The number of hydrogen-bond donors (Lipinski definition) is 2. The number of likely N-dealkylation sites (tertiary alicyclic amines) is 1. The Balaban J connectivity index is 1.40. The van der Waals surface area contributed by atoms with E-state index in [4.69, 9.17) is 11.6 Å². The summed E-state index contributed by atoms with van der Waals surface area (Å²) < 4.78 is 42.5. The lowest BCUT2D eigenvalue weighted by Crippen LogP contribution is -2.41. The molecule has 0 aromatic heterocycles. The van der Waals surface area contributed by atoms with Gasteiger partial charge in [-0.1, -0.05) is 23.7 Å². The summed E-state index contributed by atoms with van der Waals surface area (Å²) >= 11 is 9.12. The molecule has 1 aliphatic rings. The number of amides is 2. The predicted molar refractivity (Wildman–Crippen MR) is 145 cm³/mol. The van der Waals surface area contributed by atoms with Crippen LogP contribution in [0.5, 0.6) is 0 Å². The molecule has 1 saturated heterocycles. The van der Waals surface area contributed by atoms with Gasteiger partial charge in [-0.25, -0.2) is 12.8 Å². The minimum atomic E-state index is -3.93. The minimum absolute atomic E-state index is 0.0287.